The van der Waals surface area contributed by atoms with Gasteiger partial charge in [-0.1, -0.05) is 18.7 Å². The third-order valence-corrected chi connectivity index (χ3v) is 4.05. The molecule has 0 radical (unpaired) electrons. The Morgan fingerprint density at radius 1 is 1.35 bits per heavy atom. The molecule has 0 saturated carbocycles. The van der Waals surface area contributed by atoms with E-state index in [1.165, 1.54) is 29.4 Å². The molecule has 23 heavy (non-hydrogen) atoms. The molecular formula is C14H20N4O4S. The van der Waals surface area contributed by atoms with Crippen molar-refractivity contribution in [1.82, 2.24) is 19.4 Å². The van der Waals surface area contributed by atoms with E-state index in [0.29, 0.717) is 0 Å². The third kappa shape index (κ3) is 5.29. The molecule has 0 spiro atoms. The molecule has 9 heteroatoms. The number of carbonyl (C=O) groups excluding carboxylic acids is 1. The fourth-order valence-corrected chi connectivity index (χ4v) is 3.05. The summed E-state index contributed by atoms with van der Waals surface area (Å²) in [4.78, 5) is 24.6. The number of nitrogens with one attached hydrogen (secondary N) is 1. The lowest BCUT2D eigenvalue weighted by Gasteiger charge is -2.17. The summed E-state index contributed by atoms with van der Waals surface area (Å²) < 4.78 is 26.7. The zero-order valence-electron chi connectivity index (χ0n) is 13.0. The number of imidazole rings is 1. The van der Waals surface area contributed by atoms with Crippen LogP contribution in [0.15, 0.2) is 48.3 Å². The Labute approximate surface area is 134 Å². The molecule has 1 rings (SSSR count). The number of aromatic nitrogens is 2. The maximum Gasteiger partial charge on any atom is 0.333 e. The van der Waals surface area contributed by atoms with Crippen LogP contribution in [0.2, 0.25) is 0 Å². The van der Waals surface area contributed by atoms with Crippen LogP contribution in [0, 0.1) is 0 Å². The smallest absolute Gasteiger partial charge is 0.315 e. The number of rotatable bonds is 7. The lowest BCUT2D eigenvalue weighted by Crippen LogP contribution is -2.38. The fourth-order valence-electron chi connectivity index (χ4n) is 1.70. The highest BCUT2D eigenvalue weighted by molar-refractivity contribution is 7.90. The molecule has 1 aromatic rings. The topological polar surface area (TPSA) is 93.4 Å². The van der Waals surface area contributed by atoms with Gasteiger partial charge in [0.2, 0.25) is 0 Å². The summed E-state index contributed by atoms with van der Waals surface area (Å²) in [7, 11) is -3.74. The summed E-state index contributed by atoms with van der Waals surface area (Å²) >= 11 is 0. The van der Waals surface area contributed by atoms with E-state index in [-0.39, 0.29) is 0 Å². The first-order valence-electron chi connectivity index (χ1n) is 6.76. The highest BCUT2D eigenvalue weighted by Gasteiger charge is 2.20. The van der Waals surface area contributed by atoms with Crippen LogP contribution < -0.4 is 11.0 Å². The van der Waals surface area contributed by atoms with Crippen molar-refractivity contribution in [3.63, 3.8) is 0 Å². The van der Waals surface area contributed by atoms with Crippen molar-refractivity contribution in [3.05, 3.63) is 54.0 Å². The maximum absolute atomic E-state index is 12.2. The number of hydrogen-bond donors (Lipinski definition) is 1. The first kappa shape index (κ1) is 18.5. The third-order valence-electron chi connectivity index (χ3n) is 2.71. The Balaban J connectivity index is 2.88. The van der Waals surface area contributed by atoms with Crippen molar-refractivity contribution in [1.29, 1.82) is 0 Å². The molecule has 1 N–H and O–H groups in total. The molecule has 0 aliphatic heterocycles. The molecule has 8 nitrogen and oxygen atoms in total. The summed E-state index contributed by atoms with van der Waals surface area (Å²) in [5.41, 5.74) is -0.477. The minimum Gasteiger partial charge on any atom is -0.315 e. The lowest BCUT2D eigenvalue weighted by atomic mass is 10.7. The summed E-state index contributed by atoms with van der Waals surface area (Å²) in [6.07, 6.45) is 10.1. The first-order valence-corrected chi connectivity index (χ1v) is 8.58. The number of nitrogens with zero attached hydrogens (tertiary/aromatic N) is 3. The van der Waals surface area contributed by atoms with Crippen molar-refractivity contribution in [2.75, 3.05) is 5.88 Å². The molecule has 2 amide bonds. The Morgan fingerprint density at radius 3 is 2.61 bits per heavy atom. The average Bonchev–Trinajstić information content (AvgIpc) is 2.83. The van der Waals surface area contributed by atoms with Crippen LogP contribution in [0.1, 0.15) is 13.8 Å². The van der Waals surface area contributed by atoms with Crippen LogP contribution >= 0.6 is 0 Å². The van der Waals surface area contributed by atoms with E-state index < -0.39 is 33.3 Å². The normalized spacial score (nSPS) is 11.9. The SMILES string of the molecule is C=CN(CS(=O)(=O)Cn1ccn(/C=C/C)c1=O)C(=O)N/C=C/C. The second kappa shape index (κ2) is 8.18. The van der Waals surface area contributed by atoms with Gasteiger partial charge in [-0.05, 0) is 13.8 Å². The molecule has 1 aromatic heterocycles. The van der Waals surface area contributed by atoms with Crippen LogP contribution in [0.3, 0.4) is 0 Å². The highest BCUT2D eigenvalue weighted by Crippen LogP contribution is 2.02. The fraction of sp³-hybridized carbons (Fsp3) is 0.286. The number of carbonyl (C=O) groups is 1. The van der Waals surface area contributed by atoms with E-state index in [1.807, 2.05) is 0 Å². The molecule has 1 heterocycles. The van der Waals surface area contributed by atoms with E-state index in [9.17, 15) is 18.0 Å². The number of hydrogen-bond acceptors (Lipinski definition) is 4. The van der Waals surface area contributed by atoms with Gasteiger partial charge in [-0.3, -0.25) is 14.0 Å². The van der Waals surface area contributed by atoms with Gasteiger partial charge in [-0.15, -0.1) is 0 Å². The van der Waals surface area contributed by atoms with Crippen LogP contribution in [0.4, 0.5) is 4.79 Å². The predicted molar refractivity (Wildman–Crippen MR) is 88.9 cm³/mol. The minimum absolute atomic E-state index is 0.477. The summed E-state index contributed by atoms with van der Waals surface area (Å²) in [6, 6.07) is -0.625. The van der Waals surface area contributed by atoms with Crippen molar-refractivity contribution in [2.24, 2.45) is 0 Å². The minimum atomic E-state index is -3.74. The van der Waals surface area contributed by atoms with E-state index in [2.05, 4.69) is 11.9 Å². The van der Waals surface area contributed by atoms with Gasteiger partial charge in [0.1, 0.15) is 11.8 Å². The van der Waals surface area contributed by atoms with E-state index >= 15 is 0 Å². The van der Waals surface area contributed by atoms with E-state index in [1.54, 1.807) is 26.0 Å². The van der Waals surface area contributed by atoms with Gasteiger partial charge in [-0.2, -0.15) is 0 Å². The first-order chi connectivity index (χ1) is 10.8. The standard InChI is InChI=1S/C14H20N4O4S/c1-4-7-15-13(19)16(6-3)11-23(21,22)12-18-10-9-17(8-5-2)14(18)20/h4-10H,3,11-12H2,1-2H3,(H,15,19)/b7-4+,8-5+. The maximum atomic E-state index is 12.2. The van der Waals surface area contributed by atoms with Gasteiger partial charge in [0.25, 0.3) is 0 Å². The van der Waals surface area contributed by atoms with Gasteiger partial charge in [0.05, 0.1) is 0 Å². The number of sulfone groups is 1. The highest BCUT2D eigenvalue weighted by atomic mass is 32.2. The predicted octanol–water partition coefficient (Wildman–Crippen LogP) is 1.16. The van der Waals surface area contributed by atoms with Gasteiger partial charge >= 0.3 is 11.7 Å². The Hall–Kier alpha value is -2.55. The molecule has 0 aromatic carbocycles. The summed E-state index contributed by atoms with van der Waals surface area (Å²) in [6.45, 7) is 6.87. The molecule has 0 aliphatic carbocycles. The van der Waals surface area contributed by atoms with Crippen LogP contribution in [0.5, 0.6) is 0 Å². The zero-order valence-corrected chi connectivity index (χ0v) is 13.9. The van der Waals surface area contributed by atoms with E-state index in [0.717, 1.165) is 15.7 Å². The van der Waals surface area contributed by atoms with Gasteiger partial charge < -0.3 is 5.32 Å². The Morgan fingerprint density at radius 2 is 2.04 bits per heavy atom. The molecular weight excluding hydrogens is 320 g/mol. The zero-order chi connectivity index (χ0) is 17.5. The Kier molecular flexibility index (Phi) is 6.58. The average molecular weight is 340 g/mol. The number of urea groups is 1. The number of amides is 2. The molecule has 0 fully saturated rings. The Bertz CT molecular complexity index is 771. The quantitative estimate of drug-likeness (QED) is 0.806. The van der Waals surface area contributed by atoms with Crippen LogP contribution in [-0.4, -0.2) is 34.4 Å². The molecule has 126 valence electrons. The van der Waals surface area contributed by atoms with Crippen molar-refractivity contribution < 1.29 is 13.2 Å². The molecule has 0 bridgehead atoms. The number of allylic oxidation sites excluding steroid dienone is 2. The van der Waals surface area contributed by atoms with Gasteiger partial charge in [0.15, 0.2) is 9.84 Å². The molecule has 0 unspecified atom stereocenters. The second-order valence-corrected chi connectivity index (χ2v) is 6.55. The summed E-state index contributed by atoms with van der Waals surface area (Å²) in [5.74, 6) is -1.11. The van der Waals surface area contributed by atoms with Crippen molar-refractivity contribution in [2.45, 2.75) is 19.7 Å². The van der Waals surface area contributed by atoms with Crippen molar-refractivity contribution >= 4 is 22.1 Å². The summed E-state index contributed by atoms with van der Waals surface area (Å²) in [5, 5.41) is 2.39. The monoisotopic (exact) mass is 340 g/mol. The van der Waals surface area contributed by atoms with Gasteiger partial charge in [0, 0.05) is 31.0 Å². The van der Waals surface area contributed by atoms with Crippen molar-refractivity contribution in [3.8, 4) is 0 Å². The van der Waals surface area contributed by atoms with Crippen LogP contribution in [0.25, 0.3) is 6.20 Å². The second-order valence-electron chi connectivity index (χ2n) is 4.54. The molecule has 0 saturated heterocycles. The molecule has 0 aliphatic rings. The largest absolute Gasteiger partial charge is 0.333 e. The van der Waals surface area contributed by atoms with Crippen LogP contribution in [-0.2, 0) is 15.7 Å². The lowest BCUT2D eigenvalue weighted by molar-refractivity contribution is 0.224. The van der Waals surface area contributed by atoms with Gasteiger partial charge in [-0.25, -0.2) is 18.0 Å². The molecule has 0 atom stereocenters. The van der Waals surface area contributed by atoms with E-state index in [4.69, 9.17) is 0 Å².